The second-order valence-corrected chi connectivity index (χ2v) is 8.88. The van der Waals surface area contributed by atoms with E-state index in [1.54, 1.807) is 15.7 Å². The van der Waals surface area contributed by atoms with Gasteiger partial charge in [-0.15, -0.1) is 11.8 Å². The first kappa shape index (κ1) is 22.6. The van der Waals surface area contributed by atoms with E-state index in [0.717, 1.165) is 26.4 Å². The molecule has 0 aliphatic rings. The lowest BCUT2D eigenvalue weighted by molar-refractivity contribution is 0.102. The van der Waals surface area contributed by atoms with Gasteiger partial charge in [0.1, 0.15) is 0 Å². The first-order valence-corrected chi connectivity index (χ1v) is 12.3. The maximum absolute atomic E-state index is 12.1. The van der Waals surface area contributed by atoms with E-state index in [-0.39, 0.29) is 11.5 Å². The van der Waals surface area contributed by atoms with Crippen LogP contribution in [0.25, 0.3) is 15.8 Å². The van der Waals surface area contributed by atoms with Crippen molar-refractivity contribution in [1.82, 2.24) is 3.96 Å². The highest BCUT2D eigenvalue weighted by molar-refractivity contribution is 7.98. The third kappa shape index (κ3) is 5.42. The van der Waals surface area contributed by atoms with Crippen LogP contribution >= 0.6 is 23.3 Å². The van der Waals surface area contributed by atoms with Gasteiger partial charge in [0.2, 0.25) is 0 Å². The van der Waals surface area contributed by atoms with E-state index in [4.69, 9.17) is 0 Å². The van der Waals surface area contributed by atoms with Crippen molar-refractivity contribution in [2.45, 2.75) is 4.90 Å². The van der Waals surface area contributed by atoms with E-state index in [1.165, 1.54) is 11.5 Å². The molecule has 0 spiro atoms. The summed E-state index contributed by atoms with van der Waals surface area (Å²) in [5, 5.41) is 3.67. The molecule has 5 aromatic rings. The summed E-state index contributed by atoms with van der Waals surface area (Å²) in [4.78, 5) is 25.2. The van der Waals surface area contributed by atoms with Crippen LogP contribution in [0.5, 0.6) is 0 Å². The summed E-state index contributed by atoms with van der Waals surface area (Å²) in [6.07, 6.45) is 1.97. The lowest BCUT2D eigenvalue weighted by Gasteiger charge is -2.08. The SMILES string of the molecule is CSc1ccccc1C(=O)Nc1ccccc1.O=c1c2ccccc2sn1-c1ccccc1. The monoisotopic (exact) mass is 470 g/mol. The largest absolute Gasteiger partial charge is 0.322 e. The van der Waals surface area contributed by atoms with Crippen LogP contribution in [-0.4, -0.2) is 16.1 Å². The Bertz CT molecular complexity index is 1410. The summed E-state index contributed by atoms with van der Waals surface area (Å²) < 4.78 is 2.75. The Kier molecular flexibility index (Phi) is 7.40. The number of nitrogens with zero attached hydrogens (tertiary/aromatic N) is 1. The highest BCUT2D eigenvalue weighted by Crippen LogP contribution is 2.21. The van der Waals surface area contributed by atoms with Gasteiger partial charge in [0.05, 0.1) is 21.3 Å². The lowest BCUT2D eigenvalue weighted by atomic mass is 10.2. The number of aromatic nitrogens is 1. The van der Waals surface area contributed by atoms with Crippen LogP contribution in [-0.2, 0) is 0 Å². The van der Waals surface area contributed by atoms with Crippen molar-refractivity contribution < 1.29 is 4.79 Å². The van der Waals surface area contributed by atoms with Crippen LogP contribution < -0.4 is 10.9 Å². The summed E-state index contributed by atoms with van der Waals surface area (Å²) in [5.41, 5.74) is 2.51. The molecule has 33 heavy (non-hydrogen) atoms. The molecule has 1 heterocycles. The van der Waals surface area contributed by atoms with Crippen molar-refractivity contribution in [2.75, 3.05) is 11.6 Å². The van der Waals surface area contributed by atoms with Gasteiger partial charge < -0.3 is 5.32 Å². The molecule has 0 atom stereocenters. The highest BCUT2D eigenvalue weighted by atomic mass is 32.2. The summed E-state index contributed by atoms with van der Waals surface area (Å²) >= 11 is 3.05. The Morgan fingerprint density at radius 2 is 1.39 bits per heavy atom. The van der Waals surface area contributed by atoms with E-state index >= 15 is 0 Å². The lowest BCUT2D eigenvalue weighted by Crippen LogP contribution is -2.12. The molecule has 164 valence electrons. The average molecular weight is 471 g/mol. The molecule has 0 saturated carbocycles. The molecule has 1 N–H and O–H groups in total. The number of para-hydroxylation sites is 2. The van der Waals surface area contributed by atoms with Crippen LogP contribution in [0.3, 0.4) is 0 Å². The predicted octanol–water partition coefficient (Wildman–Crippen LogP) is 6.71. The number of benzene rings is 4. The highest BCUT2D eigenvalue weighted by Gasteiger charge is 2.10. The van der Waals surface area contributed by atoms with E-state index in [1.807, 2.05) is 115 Å². The van der Waals surface area contributed by atoms with Crippen molar-refractivity contribution in [3.8, 4) is 5.69 Å². The first-order chi connectivity index (χ1) is 16.2. The van der Waals surface area contributed by atoms with E-state index in [2.05, 4.69) is 5.32 Å². The van der Waals surface area contributed by atoms with Crippen molar-refractivity contribution in [1.29, 1.82) is 0 Å². The van der Waals surface area contributed by atoms with Crippen LogP contribution in [0.2, 0.25) is 0 Å². The fourth-order valence-corrected chi connectivity index (χ4v) is 4.85. The van der Waals surface area contributed by atoms with Crippen molar-refractivity contribution in [3.63, 3.8) is 0 Å². The number of hydrogen-bond donors (Lipinski definition) is 1. The molecule has 6 heteroatoms. The number of carbonyl (C=O) groups is 1. The second kappa shape index (κ2) is 10.8. The zero-order chi connectivity index (χ0) is 23.0. The standard InChI is InChI=1S/C14H13NOS.C13H9NOS/c1-17-13-10-6-5-9-12(13)14(16)15-11-7-3-2-4-8-11;15-13-11-8-4-5-9-12(11)16-14(13)10-6-2-1-3-7-10/h2-10H,1H3,(H,15,16);1-9H. The molecule has 1 aromatic heterocycles. The number of amides is 1. The van der Waals surface area contributed by atoms with Gasteiger partial charge in [-0.3, -0.25) is 9.59 Å². The van der Waals surface area contributed by atoms with Gasteiger partial charge in [-0.1, -0.05) is 72.2 Å². The maximum Gasteiger partial charge on any atom is 0.273 e. The Labute approximate surface area is 200 Å². The van der Waals surface area contributed by atoms with Gasteiger partial charge in [0.25, 0.3) is 11.5 Å². The number of carbonyl (C=O) groups excluding carboxylic acids is 1. The zero-order valence-electron chi connectivity index (χ0n) is 18.0. The number of thioether (sulfide) groups is 1. The summed E-state index contributed by atoms with van der Waals surface area (Å²) in [6.45, 7) is 0. The fourth-order valence-electron chi connectivity index (χ4n) is 3.26. The molecule has 4 nitrogen and oxygen atoms in total. The van der Waals surface area contributed by atoms with Crippen molar-refractivity contribution in [2.24, 2.45) is 0 Å². The molecule has 4 aromatic carbocycles. The smallest absolute Gasteiger partial charge is 0.273 e. The van der Waals surface area contributed by atoms with E-state index in [9.17, 15) is 9.59 Å². The maximum atomic E-state index is 12.1. The summed E-state index contributed by atoms with van der Waals surface area (Å²) in [6, 6.07) is 34.5. The van der Waals surface area contributed by atoms with Gasteiger partial charge in [-0.2, -0.15) is 0 Å². The van der Waals surface area contributed by atoms with Gasteiger partial charge >= 0.3 is 0 Å². The molecule has 0 bridgehead atoms. The molecule has 5 rings (SSSR count). The number of fused-ring (bicyclic) bond motifs is 1. The average Bonchev–Trinajstić information content (AvgIpc) is 3.22. The van der Waals surface area contributed by atoms with Crippen LogP contribution in [0.15, 0.2) is 119 Å². The zero-order valence-corrected chi connectivity index (χ0v) is 19.6. The molecule has 0 fully saturated rings. The fraction of sp³-hybridized carbons (Fsp3) is 0.0370. The normalized spacial score (nSPS) is 10.3. The molecule has 0 aliphatic heterocycles. The van der Waals surface area contributed by atoms with Gasteiger partial charge in [0, 0.05) is 10.6 Å². The predicted molar refractivity (Wildman–Crippen MR) is 140 cm³/mol. The third-order valence-corrected chi connectivity index (χ3v) is 6.77. The van der Waals surface area contributed by atoms with Gasteiger partial charge in [-0.05, 0) is 54.8 Å². The Morgan fingerprint density at radius 1 is 0.788 bits per heavy atom. The molecular formula is C27H22N2O2S2. The molecule has 0 saturated heterocycles. The second-order valence-electron chi connectivity index (χ2n) is 7.04. The Balaban J connectivity index is 0.000000157. The van der Waals surface area contributed by atoms with Crippen LogP contribution in [0, 0.1) is 0 Å². The van der Waals surface area contributed by atoms with Gasteiger partial charge in [-0.25, -0.2) is 3.96 Å². The number of anilines is 1. The Hall–Kier alpha value is -3.61. The third-order valence-electron chi connectivity index (χ3n) is 4.87. The van der Waals surface area contributed by atoms with E-state index < -0.39 is 0 Å². The number of hydrogen-bond acceptors (Lipinski definition) is 4. The number of nitrogens with one attached hydrogen (secondary N) is 1. The Morgan fingerprint density at radius 3 is 2.09 bits per heavy atom. The summed E-state index contributed by atoms with van der Waals surface area (Å²) in [5.74, 6) is -0.0684. The summed E-state index contributed by atoms with van der Waals surface area (Å²) in [7, 11) is 0. The molecular weight excluding hydrogens is 448 g/mol. The number of rotatable bonds is 4. The molecule has 0 unspecified atom stereocenters. The van der Waals surface area contributed by atoms with Crippen molar-refractivity contribution in [3.05, 3.63) is 125 Å². The minimum atomic E-state index is -0.0684. The minimum Gasteiger partial charge on any atom is -0.322 e. The van der Waals surface area contributed by atoms with Gasteiger partial charge in [0.15, 0.2) is 0 Å². The molecule has 0 aliphatic carbocycles. The van der Waals surface area contributed by atoms with Crippen LogP contribution in [0.1, 0.15) is 10.4 Å². The quantitative estimate of drug-likeness (QED) is 0.297. The topological polar surface area (TPSA) is 51.1 Å². The molecule has 0 radical (unpaired) electrons. The van der Waals surface area contributed by atoms with Crippen LogP contribution in [0.4, 0.5) is 5.69 Å². The first-order valence-electron chi connectivity index (χ1n) is 10.3. The van der Waals surface area contributed by atoms with E-state index in [0.29, 0.717) is 5.56 Å². The minimum absolute atomic E-state index is 0.0619. The van der Waals surface area contributed by atoms with Crippen molar-refractivity contribution >= 4 is 45.0 Å². The molecule has 1 amide bonds.